The highest BCUT2D eigenvalue weighted by Crippen LogP contribution is 2.44. The van der Waals surface area contributed by atoms with Crippen molar-refractivity contribution in [3.8, 4) is 5.75 Å². The van der Waals surface area contributed by atoms with Crippen LogP contribution in [0.2, 0.25) is 5.02 Å². The molecule has 1 amide bonds. The smallest absolute Gasteiger partial charge is 0.258 e. The van der Waals surface area contributed by atoms with Gasteiger partial charge in [0.05, 0.1) is 22.5 Å². The molecule has 1 N–H and O–H groups in total. The van der Waals surface area contributed by atoms with Crippen molar-refractivity contribution >= 4 is 44.1 Å². The molecule has 0 aliphatic carbocycles. The number of anilines is 1. The van der Waals surface area contributed by atoms with Crippen LogP contribution in [0.3, 0.4) is 0 Å². The van der Waals surface area contributed by atoms with Crippen LogP contribution in [-0.4, -0.2) is 42.6 Å². The molecule has 0 bridgehead atoms. The predicted octanol–water partition coefficient (Wildman–Crippen LogP) is 3.42. The first-order chi connectivity index (χ1) is 14.5. The summed E-state index contributed by atoms with van der Waals surface area (Å²) in [7, 11) is -2.38. The van der Waals surface area contributed by atoms with E-state index in [1.807, 2.05) is 0 Å². The summed E-state index contributed by atoms with van der Waals surface area (Å²) < 4.78 is 53.3. The summed E-state index contributed by atoms with van der Waals surface area (Å²) in [5.41, 5.74) is 0.410. The van der Waals surface area contributed by atoms with Gasteiger partial charge in [0.15, 0.2) is 5.75 Å². The monoisotopic (exact) mass is 467 g/mol. The van der Waals surface area contributed by atoms with E-state index in [4.69, 9.17) is 11.6 Å². The minimum atomic E-state index is -3.72. The Bertz CT molecular complexity index is 1360. The van der Waals surface area contributed by atoms with E-state index < -0.39 is 27.6 Å². The fraction of sp³-hybridized carbons (Fsp3) is 0.200. The van der Waals surface area contributed by atoms with Crippen LogP contribution in [0.15, 0.2) is 30.5 Å². The normalized spacial score (nSPS) is 13.7. The van der Waals surface area contributed by atoms with Crippen molar-refractivity contribution in [2.75, 3.05) is 17.6 Å². The lowest BCUT2D eigenvalue weighted by atomic mass is 10.0. The van der Waals surface area contributed by atoms with Gasteiger partial charge < -0.3 is 10.0 Å². The summed E-state index contributed by atoms with van der Waals surface area (Å²) in [6, 6.07) is 4.89. The van der Waals surface area contributed by atoms with E-state index in [0.717, 1.165) is 16.6 Å². The van der Waals surface area contributed by atoms with Gasteiger partial charge in [0.1, 0.15) is 17.2 Å². The predicted molar refractivity (Wildman–Crippen MR) is 112 cm³/mol. The second-order valence-corrected chi connectivity index (χ2v) is 9.62. The number of nitrogens with zero attached hydrogens (tertiary/aromatic N) is 3. The Morgan fingerprint density at radius 2 is 2.00 bits per heavy atom. The molecule has 2 heterocycles. The number of phenolic OH excluding ortho intramolecular Hbond substituents is 1. The number of fused-ring (bicyclic) bond motifs is 2. The summed E-state index contributed by atoms with van der Waals surface area (Å²) in [6.07, 6.45) is 2.42. The Balaban J connectivity index is 1.88. The molecule has 0 atom stereocenters. The van der Waals surface area contributed by atoms with Crippen molar-refractivity contribution < 1.29 is 27.1 Å². The van der Waals surface area contributed by atoms with Gasteiger partial charge in [-0.05, 0) is 18.2 Å². The zero-order valence-electron chi connectivity index (χ0n) is 16.4. The third-order valence-corrected chi connectivity index (χ3v) is 6.69. The minimum absolute atomic E-state index is 0.0206. The number of phenols is 1. The summed E-state index contributed by atoms with van der Waals surface area (Å²) in [5.74, 6) is -2.83. The largest absolute Gasteiger partial charge is 0.505 e. The van der Waals surface area contributed by atoms with E-state index in [1.165, 1.54) is 18.1 Å². The highest BCUT2D eigenvalue weighted by atomic mass is 35.5. The van der Waals surface area contributed by atoms with Gasteiger partial charge in [-0.1, -0.05) is 11.6 Å². The third kappa shape index (κ3) is 3.45. The number of hydrogen-bond donors (Lipinski definition) is 1. The average molecular weight is 468 g/mol. The molecule has 2 aromatic carbocycles. The van der Waals surface area contributed by atoms with Gasteiger partial charge in [0, 0.05) is 48.9 Å². The Morgan fingerprint density at radius 3 is 2.68 bits per heavy atom. The molecule has 0 fully saturated rings. The maximum Gasteiger partial charge on any atom is 0.258 e. The molecule has 1 aliphatic heterocycles. The van der Waals surface area contributed by atoms with E-state index in [9.17, 15) is 27.1 Å². The van der Waals surface area contributed by atoms with Gasteiger partial charge in [-0.2, -0.15) is 0 Å². The standard InChI is InChI=1S/C20H16ClF2N3O4S/c1-25(31(2,29)30)18-11-4-3-5-24-17(11)19(27)16-12(18)9-26(20(16)28)8-10-6-13(21)15(23)7-14(10)22/h3-7,27H,8-9H2,1-2H3. The fourth-order valence-electron chi connectivity index (χ4n) is 3.68. The topological polar surface area (TPSA) is 90.8 Å². The van der Waals surface area contributed by atoms with Crippen molar-refractivity contribution in [2.45, 2.75) is 13.1 Å². The number of carbonyl (C=O) groups excluding carboxylic acids is 1. The van der Waals surface area contributed by atoms with Crippen molar-refractivity contribution in [1.82, 2.24) is 9.88 Å². The minimum Gasteiger partial charge on any atom is -0.505 e. The lowest BCUT2D eigenvalue weighted by Crippen LogP contribution is -2.26. The fourth-order valence-corrected chi connectivity index (χ4v) is 4.40. The Kier molecular flexibility index (Phi) is 5.01. The number of sulfonamides is 1. The number of halogens is 3. The number of pyridine rings is 1. The molecule has 0 saturated heterocycles. The van der Waals surface area contributed by atoms with Crippen LogP contribution < -0.4 is 4.31 Å². The number of aromatic hydroxyl groups is 1. The molecule has 3 aromatic rings. The summed E-state index contributed by atoms with van der Waals surface area (Å²) in [6.45, 7) is -0.360. The Morgan fingerprint density at radius 1 is 1.29 bits per heavy atom. The molecule has 0 radical (unpaired) electrons. The van der Waals surface area contributed by atoms with E-state index >= 15 is 0 Å². The van der Waals surface area contributed by atoms with Gasteiger partial charge in [-0.3, -0.25) is 14.1 Å². The van der Waals surface area contributed by atoms with Crippen LogP contribution in [0.4, 0.5) is 14.5 Å². The van der Waals surface area contributed by atoms with Crippen LogP contribution in [-0.2, 0) is 23.1 Å². The zero-order chi connectivity index (χ0) is 22.7. The van der Waals surface area contributed by atoms with E-state index in [2.05, 4.69) is 4.98 Å². The zero-order valence-corrected chi connectivity index (χ0v) is 17.9. The number of aromatic nitrogens is 1. The Hall–Kier alpha value is -2.98. The Labute approximate surface area is 181 Å². The number of benzene rings is 2. The number of hydrogen-bond acceptors (Lipinski definition) is 5. The first-order valence-corrected chi connectivity index (χ1v) is 11.2. The molecule has 11 heteroatoms. The summed E-state index contributed by atoms with van der Waals surface area (Å²) in [4.78, 5) is 18.4. The van der Waals surface area contributed by atoms with Crippen molar-refractivity contribution in [3.63, 3.8) is 0 Å². The van der Waals surface area contributed by atoms with Crippen molar-refractivity contribution in [3.05, 3.63) is 63.8 Å². The third-order valence-electron chi connectivity index (χ3n) is 5.22. The van der Waals surface area contributed by atoms with Gasteiger partial charge in [-0.15, -0.1) is 0 Å². The lowest BCUT2D eigenvalue weighted by molar-refractivity contribution is 0.0763. The average Bonchev–Trinajstić information content (AvgIpc) is 3.01. The summed E-state index contributed by atoms with van der Waals surface area (Å²) in [5, 5.41) is 10.8. The molecule has 1 aliphatic rings. The van der Waals surface area contributed by atoms with Gasteiger partial charge in [0.2, 0.25) is 10.0 Å². The van der Waals surface area contributed by atoms with Crippen LogP contribution in [0.5, 0.6) is 5.75 Å². The van der Waals surface area contributed by atoms with Gasteiger partial charge in [-0.25, -0.2) is 17.2 Å². The molecule has 0 spiro atoms. The molecular weight excluding hydrogens is 452 g/mol. The van der Waals surface area contributed by atoms with Crippen molar-refractivity contribution in [2.24, 2.45) is 0 Å². The number of rotatable bonds is 4. The molecule has 7 nitrogen and oxygen atoms in total. The highest BCUT2D eigenvalue weighted by Gasteiger charge is 2.37. The molecule has 162 valence electrons. The SMILES string of the molecule is CN(c1c2c(c(O)c3ncccc13)C(=O)N(Cc1cc(Cl)c(F)cc1F)C2)S(C)(=O)=O. The lowest BCUT2D eigenvalue weighted by Gasteiger charge is -2.22. The highest BCUT2D eigenvalue weighted by molar-refractivity contribution is 7.92. The van der Waals surface area contributed by atoms with Crippen LogP contribution in [0, 0.1) is 11.6 Å². The second-order valence-electron chi connectivity index (χ2n) is 7.20. The molecular formula is C20H16ClF2N3O4S. The van der Waals surface area contributed by atoms with Crippen molar-refractivity contribution in [1.29, 1.82) is 0 Å². The molecule has 4 rings (SSSR count). The first-order valence-electron chi connectivity index (χ1n) is 8.99. The second kappa shape index (κ2) is 7.31. The molecule has 0 saturated carbocycles. The van der Waals surface area contributed by atoms with Crippen LogP contribution in [0.1, 0.15) is 21.5 Å². The number of amides is 1. The molecule has 31 heavy (non-hydrogen) atoms. The molecule has 1 aromatic heterocycles. The van der Waals surface area contributed by atoms with E-state index in [1.54, 1.807) is 12.1 Å². The summed E-state index contributed by atoms with van der Waals surface area (Å²) >= 11 is 5.74. The van der Waals surface area contributed by atoms with E-state index in [0.29, 0.717) is 11.5 Å². The van der Waals surface area contributed by atoms with Gasteiger partial charge in [0.25, 0.3) is 5.91 Å². The maximum atomic E-state index is 14.2. The number of carbonyl (C=O) groups is 1. The molecule has 0 unspecified atom stereocenters. The van der Waals surface area contributed by atoms with Gasteiger partial charge >= 0.3 is 0 Å². The van der Waals surface area contributed by atoms with Crippen LogP contribution in [0.25, 0.3) is 10.9 Å². The quantitative estimate of drug-likeness (QED) is 0.594. The van der Waals surface area contributed by atoms with E-state index in [-0.39, 0.29) is 51.8 Å². The maximum absolute atomic E-state index is 14.2. The first kappa shape index (κ1) is 21.3. The van der Waals surface area contributed by atoms with Crippen LogP contribution >= 0.6 is 11.6 Å².